The van der Waals surface area contributed by atoms with Crippen LogP contribution in [0.4, 0.5) is 4.79 Å². The summed E-state index contributed by atoms with van der Waals surface area (Å²) >= 11 is 0.915. The second kappa shape index (κ2) is 8.72. The zero-order valence-electron chi connectivity index (χ0n) is 17.0. The van der Waals surface area contributed by atoms with Gasteiger partial charge in [0.25, 0.3) is 11.1 Å². The Bertz CT molecular complexity index is 1350. The number of rotatable bonds is 6. The van der Waals surface area contributed by atoms with Crippen LogP contribution in [0.5, 0.6) is 11.5 Å². The first-order valence-electron chi connectivity index (χ1n) is 10.2. The van der Waals surface area contributed by atoms with Gasteiger partial charge in [-0.25, -0.2) is 4.98 Å². The average molecular weight is 442 g/mol. The minimum atomic E-state index is -0.358. The van der Waals surface area contributed by atoms with Gasteiger partial charge < -0.3 is 9.30 Å². The monoisotopic (exact) mass is 441 g/mol. The summed E-state index contributed by atoms with van der Waals surface area (Å²) in [5, 5.41) is 1.94. The third-order valence-electron chi connectivity index (χ3n) is 5.15. The SMILES string of the molecule is O=C1NC(=O)/C(=C\c2ccc3ncn(CCc4ccccc4Oc4ccccc4)c3c2)S1. The number of thioether (sulfide) groups is 1. The standard InChI is InChI=1S/C25H19N3O3S/c29-24-23(32-25(30)27-24)15-17-10-11-20-21(14-17)28(16-26-20)13-12-18-6-4-5-9-22(18)31-19-7-2-1-3-8-19/h1-11,14-16H,12-13H2,(H,27,29,30)/b23-15+. The van der Waals surface area contributed by atoms with E-state index in [1.54, 1.807) is 6.08 Å². The maximum absolute atomic E-state index is 11.8. The number of aryl methyl sites for hydroxylation is 2. The highest BCUT2D eigenvalue weighted by molar-refractivity contribution is 8.18. The molecule has 2 heterocycles. The molecule has 1 aliphatic rings. The van der Waals surface area contributed by atoms with Crippen molar-refractivity contribution in [3.63, 3.8) is 0 Å². The van der Waals surface area contributed by atoms with Gasteiger partial charge >= 0.3 is 0 Å². The van der Waals surface area contributed by atoms with Gasteiger partial charge in [-0.3, -0.25) is 14.9 Å². The second-order valence-electron chi connectivity index (χ2n) is 7.31. The molecule has 0 aliphatic carbocycles. The Morgan fingerprint density at radius 1 is 1.00 bits per heavy atom. The number of carbonyl (C=O) groups is 2. The van der Waals surface area contributed by atoms with Crippen molar-refractivity contribution in [2.75, 3.05) is 0 Å². The number of amides is 2. The summed E-state index contributed by atoms with van der Waals surface area (Å²) in [7, 11) is 0. The van der Waals surface area contributed by atoms with Crippen molar-refractivity contribution in [3.05, 3.63) is 95.2 Å². The number of ether oxygens (including phenoxy) is 1. The molecule has 1 saturated heterocycles. The molecule has 2 amide bonds. The predicted molar refractivity (Wildman–Crippen MR) is 126 cm³/mol. The Hall–Kier alpha value is -3.84. The van der Waals surface area contributed by atoms with Crippen molar-refractivity contribution in [2.24, 2.45) is 0 Å². The summed E-state index contributed by atoms with van der Waals surface area (Å²) in [5.41, 5.74) is 3.80. The maximum atomic E-state index is 11.8. The molecule has 6 nitrogen and oxygen atoms in total. The molecule has 1 aliphatic heterocycles. The van der Waals surface area contributed by atoms with Gasteiger partial charge in [0.15, 0.2) is 0 Å². The molecule has 158 valence electrons. The fourth-order valence-electron chi connectivity index (χ4n) is 3.58. The first-order valence-corrected chi connectivity index (χ1v) is 11.0. The summed E-state index contributed by atoms with van der Waals surface area (Å²) in [4.78, 5) is 28.1. The van der Waals surface area contributed by atoms with Crippen LogP contribution in [0.15, 0.2) is 84.0 Å². The molecule has 1 fully saturated rings. The van der Waals surface area contributed by atoms with E-state index in [-0.39, 0.29) is 11.1 Å². The number of hydrogen-bond acceptors (Lipinski definition) is 5. The Balaban J connectivity index is 1.37. The number of nitrogens with one attached hydrogen (secondary N) is 1. The Morgan fingerprint density at radius 3 is 2.62 bits per heavy atom. The summed E-state index contributed by atoms with van der Waals surface area (Å²) in [5.74, 6) is 1.28. The Morgan fingerprint density at radius 2 is 1.81 bits per heavy atom. The number of benzene rings is 3. The summed E-state index contributed by atoms with van der Waals surface area (Å²) < 4.78 is 8.17. The van der Waals surface area contributed by atoms with E-state index < -0.39 is 0 Å². The average Bonchev–Trinajstić information content (AvgIpc) is 3.35. The van der Waals surface area contributed by atoms with Crippen LogP contribution in [-0.2, 0) is 17.8 Å². The highest BCUT2D eigenvalue weighted by Crippen LogP contribution is 2.28. The van der Waals surface area contributed by atoms with Crippen molar-refractivity contribution in [3.8, 4) is 11.5 Å². The van der Waals surface area contributed by atoms with E-state index in [9.17, 15) is 9.59 Å². The van der Waals surface area contributed by atoms with E-state index in [0.29, 0.717) is 4.91 Å². The van der Waals surface area contributed by atoms with Crippen molar-refractivity contribution in [2.45, 2.75) is 13.0 Å². The van der Waals surface area contributed by atoms with Gasteiger partial charge in [0.05, 0.1) is 22.3 Å². The topological polar surface area (TPSA) is 73.2 Å². The molecular weight excluding hydrogens is 422 g/mol. The summed E-state index contributed by atoms with van der Waals surface area (Å²) in [6, 6.07) is 23.6. The predicted octanol–water partition coefficient (Wildman–Crippen LogP) is 5.40. The van der Waals surface area contributed by atoms with Gasteiger partial charge in [0.2, 0.25) is 0 Å². The third kappa shape index (κ3) is 4.29. The minimum Gasteiger partial charge on any atom is -0.457 e. The second-order valence-corrected chi connectivity index (χ2v) is 8.33. The fourth-order valence-corrected chi connectivity index (χ4v) is 4.26. The molecule has 0 unspecified atom stereocenters. The Kier molecular flexibility index (Phi) is 5.47. The lowest BCUT2D eigenvalue weighted by Gasteiger charge is -2.12. The van der Waals surface area contributed by atoms with E-state index in [1.165, 1.54) is 0 Å². The van der Waals surface area contributed by atoms with E-state index in [4.69, 9.17) is 4.74 Å². The molecule has 3 aromatic carbocycles. The molecule has 0 atom stereocenters. The van der Waals surface area contributed by atoms with Crippen LogP contribution in [0.25, 0.3) is 17.1 Å². The van der Waals surface area contributed by atoms with Crippen LogP contribution in [0.1, 0.15) is 11.1 Å². The number of nitrogens with zero attached hydrogens (tertiary/aromatic N) is 2. The number of aromatic nitrogens is 2. The van der Waals surface area contributed by atoms with Crippen LogP contribution >= 0.6 is 11.8 Å². The first-order chi connectivity index (χ1) is 15.7. The number of para-hydroxylation sites is 2. The van der Waals surface area contributed by atoms with E-state index in [0.717, 1.165) is 58.4 Å². The van der Waals surface area contributed by atoms with Crippen LogP contribution in [0.3, 0.4) is 0 Å². The number of hydrogen-bond donors (Lipinski definition) is 1. The van der Waals surface area contributed by atoms with Gasteiger partial charge in [-0.05, 0) is 65.7 Å². The van der Waals surface area contributed by atoms with Crippen LogP contribution in [-0.4, -0.2) is 20.7 Å². The lowest BCUT2D eigenvalue weighted by molar-refractivity contribution is -0.115. The Labute approximate surface area is 188 Å². The highest BCUT2D eigenvalue weighted by Gasteiger charge is 2.25. The normalized spacial score (nSPS) is 14.8. The first kappa shape index (κ1) is 20.1. The smallest absolute Gasteiger partial charge is 0.290 e. The van der Waals surface area contributed by atoms with Crippen LogP contribution < -0.4 is 10.1 Å². The van der Waals surface area contributed by atoms with Gasteiger partial charge in [-0.15, -0.1) is 0 Å². The third-order valence-corrected chi connectivity index (χ3v) is 5.96. The van der Waals surface area contributed by atoms with Crippen molar-refractivity contribution >= 4 is 40.0 Å². The lowest BCUT2D eigenvalue weighted by Crippen LogP contribution is -2.17. The molecular formula is C25H19N3O3S. The lowest BCUT2D eigenvalue weighted by atomic mass is 10.1. The quantitative estimate of drug-likeness (QED) is 0.406. The number of imidazole rings is 1. The van der Waals surface area contributed by atoms with Gasteiger partial charge in [0.1, 0.15) is 11.5 Å². The van der Waals surface area contributed by atoms with Crippen molar-refractivity contribution < 1.29 is 14.3 Å². The molecule has 0 saturated carbocycles. The number of carbonyl (C=O) groups excluding carboxylic acids is 2. The molecule has 1 N–H and O–H groups in total. The molecule has 1 aromatic heterocycles. The summed E-state index contributed by atoms with van der Waals surface area (Å²) in [6.07, 6.45) is 4.32. The summed E-state index contributed by atoms with van der Waals surface area (Å²) in [6.45, 7) is 0.722. The molecule has 0 radical (unpaired) electrons. The fraction of sp³-hybridized carbons (Fsp3) is 0.0800. The molecule has 32 heavy (non-hydrogen) atoms. The zero-order chi connectivity index (χ0) is 21.9. The maximum Gasteiger partial charge on any atom is 0.290 e. The van der Waals surface area contributed by atoms with E-state index in [2.05, 4.69) is 20.9 Å². The van der Waals surface area contributed by atoms with E-state index >= 15 is 0 Å². The van der Waals surface area contributed by atoms with Gasteiger partial charge in [-0.2, -0.15) is 0 Å². The molecule has 0 spiro atoms. The molecule has 4 aromatic rings. The molecule has 0 bridgehead atoms. The minimum absolute atomic E-state index is 0.344. The van der Waals surface area contributed by atoms with Crippen LogP contribution in [0.2, 0.25) is 0 Å². The van der Waals surface area contributed by atoms with Crippen LogP contribution in [0, 0.1) is 0 Å². The van der Waals surface area contributed by atoms with Gasteiger partial charge in [-0.1, -0.05) is 42.5 Å². The van der Waals surface area contributed by atoms with E-state index in [1.807, 2.05) is 73.1 Å². The number of fused-ring (bicyclic) bond motifs is 1. The highest BCUT2D eigenvalue weighted by atomic mass is 32.2. The largest absolute Gasteiger partial charge is 0.457 e. The van der Waals surface area contributed by atoms with Crippen molar-refractivity contribution in [1.29, 1.82) is 0 Å². The number of imide groups is 1. The van der Waals surface area contributed by atoms with Gasteiger partial charge in [0, 0.05) is 6.54 Å². The van der Waals surface area contributed by atoms with Crippen molar-refractivity contribution in [1.82, 2.24) is 14.9 Å². The molecule has 7 heteroatoms. The zero-order valence-corrected chi connectivity index (χ0v) is 17.8. The molecule has 5 rings (SSSR count).